The first kappa shape index (κ1) is 20.1. The minimum Gasteiger partial charge on any atom is -0.390 e. The lowest BCUT2D eigenvalue weighted by molar-refractivity contribution is -0.00960. The summed E-state index contributed by atoms with van der Waals surface area (Å²) in [6, 6.07) is 14.6. The third-order valence-electron chi connectivity index (χ3n) is 5.23. The molecule has 0 radical (unpaired) electrons. The number of fused-ring (bicyclic) bond motifs is 1. The first-order chi connectivity index (χ1) is 14.1. The van der Waals surface area contributed by atoms with Crippen LogP contribution in [0.25, 0.3) is 5.69 Å². The van der Waals surface area contributed by atoms with Crippen LogP contribution in [0.3, 0.4) is 0 Å². The van der Waals surface area contributed by atoms with E-state index in [2.05, 4.69) is 52.8 Å². The van der Waals surface area contributed by atoms with Crippen LogP contribution in [0.15, 0.2) is 47.6 Å². The molecule has 152 valence electrons. The van der Waals surface area contributed by atoms with Crippen molar-refractivity contribution < 1.29 is 9.84 Å². The Bertz CT molecular complexity index is 975. The molecule has 0 bridgehead atoms. The number of aliphatic hydroxyl groups is 1. The van der Waals surface area contributed by atoms with E-state index in [1.54, 1.807) is 4.68 Å². The van der Waals surface area contributed by atoms with Gasteiger partial charge in [0.2, 0.25) is 5.16 Å². The molecule has 2 aromatic carbocycles. The Morgan fingerprint density at radius 1 is 1.24 bits per heavy atom. The second kappa shape index (κ2) is 9.07. The highest BCUT2D eigenvalue weighted by atomic mass is 32.2. The van der Waals surface area contributed by atoms with Gasteiger partial charge in [-0.15, -0.1) is 5.10 Å². The van der Waals surface area contributed by atoms with E-state index in [0.717, 1.165) is 30.5 Å². The van der Waals surface area contributed by atoms with Gasteiger partial charge in [0, 0.05) is 5.75 Å². The topological polar surface area (TPSA) is 73.1 Å². The van der Waals surface area contributed by atoms with Crippen molar-refractivity contribution in [3.8, 4) is 5.69 Å². The Labute approximate surface area is 175 Å². The van der Waals surface area contributed by atoms with Gasteiger partial charge in [-0.05, 0) is 66.3 Å². The summed E-state index contributed by atoms with van der Waals surface area (Å²) < 4.78 is 7.79. The SMILES string of the molecule is Cc1ccc(-n2nnnc2SC[C@H](O)CO[C@@H]2CCCc3ccccc32)c(C)c1. The average Bonchev–Trinajstić information content (AvgIpc) is 3.19. The van der Waals surface area contributed by atoms with E-state index in [1.165, 1.54) is 28.5 Å². The van der Waals surface area contributed by atoms with E-state index < -0.39 is 6.10 Å². The van der Waals surface area contributed by atoms with E-state index >= 15 is 0 Å². The highest BCUT2D eigenvalue weighted by molar-refractivity contribution is 7.99. The van der Waals surface area contributed by atoms with Crippen LogP contribution >= 0.6 is 11.8 Å². The van der Waals surface area contributed by atoms with Crippen molar-refractivity contribution in [2.75, 3.05) is 12.4 Å². The van der Waals surface area contributed by atoms with Crippen LogP contribution in [-0.2, 0) is 11.2 Å². The zero-order chi connectivity index (χ0) is 20.2. The molecule has 6 nitrogen and oxygen atoms in total. The Morgan fingerprint density at radius 2 is 2.10 bits per heavy atom. The number of thioether (sulfide) groups is 1. The summed E-state index contributed by atoms with van der Waals surface area (Å²) in [7, 11) is 0. The second-order valence-corrected chi connectivity index (χ2v) is 8.53. The van der Waals surface area contributed by atoms with Gasteiger partial charge in [0.15, 0.2) is 0 Å². The van der Waals surface area contributed by atoms with Crippen LogP contribution < -0.4 is 0 Å². The monoisotopic (exact) mass is 410 g/mol. The molecule has 0 fully saturated rings. The molecular weight excluding hydrogens is 384 g/mol. The fraction of sp³-hybridized carbons (Fsp3) is 0.409. The lowest BCUT2D eigenvalue weighted by Crippen LogP contribution is -2.22. The van der Waals surface area contributed by atoms with Crippen LogP contribution in [-0.4, -0.2) is 43.8 Å². The molecule has 0 unspecified atom stereocenters. The van der Waals surface area contributed by atoms with Crippen molar-refractivity contribution in [2.24, 2.45) is 0 Å². The largest absolute Gasteiger partial charge is 0.390 e. The molecule has 29 heavy (non-hydrogen) atoms. The minimum absolute atomic E-state index is 0.0696. The number of hydrogen-bond acceptors (Lipinski definition) is 6. The number of hydrogen-bond donors (Lipinski definition) is 1. The fourth-order valence-electron chi connectivity index (χ4n) is 3.79. The van der Waals surface area contributed by atoms with Gasteiger partial charge in [0.05, 0.1) is 24.5 Å². The Morgan fingerprint density at radius 3 is 2.97 bits per heavy atom. The van der Waals surface area contributed by atoms with Gasteiger partial charge in [-0.1, -0.05) is 53.7 Å². The molecule has 3 aromatic rings. The molecule has 0 aliphatic heterocycles. The maximum atomic E-state index is 10.5. The van der Waals surface area contributed by atoms with Crippen LogP contribution in [0, 0.1) is 13.8 Å². The van der Waals surface area contributed by atoms with Crippen molar-refractivity contribution in [3.63, 3.8) is 0 Å². The summed E-state index contributed by atoms with van der Waals surface area (Å²) in [6.07, 6.45) is 2.72. The molecule has 1 aromatic heterocycles. The Balaban J connectivity index is 1.34. The zero-order valence-electron chi connectivity index (χ0n) is 16.8. The van der Waals surface area contributed by atoms with Crippen molar-refractivity contribution in [3.05, 3.63) is 64.7 Å². The number of aromatic nitrogens is 4. The van der Waals surface area contributed by atoms with Crippen LogP contribution in [0.4, 0.5) is 0 Å². The number of aryl methyl sites for hydroxylation is 3. The molecule has 1 aliphatic carbocycles. The van der Waals surface area contributed by atoms with Gasteiger partial charge in [-0.3, -0.25) is 0 Å². The van der Waals surface area contributed by atoms with E-state index in [4.69, 9.17) is 4.74 Å². The van der Waals surface area contributed by atoms with Gasteiger partial charge in [0.1, 0.15) is 0 Å². The molecule has 4 rings (SSSR count). The summed E-state index contributed by atoms with van der Waals surface area (Å²) in [5.74, 6) is 0.472. The quantitative estimate of drug-likeness (QED) is 0.597. The van der Waals surface area contributed by atoms with Crippen molar-refractivity contribution in [2.45, 2.75) is 50.5 Å². The maximum Gasteiger partial charge on any atom is 0.214 e. The molecule has 1 N–H and O–H groups in total. The summed E-state index contributed by atoms with van der Waals surface area (Å²) in [4.78, 5) is 0. The fourth-order valence-corrected chi connectivity index (χ4v) is 4.58. The highest BCUT2D eigenvalue weighted by Gasteiger charge is 2.21. The highest BCUT2D eigenvalue weighted by Crippen LogP contribution is 2.32. The number of nitrogens with zero attached hydrogens (tertiary/aromatic N) is 4. The smallest absolute Gasteiger partial charge is 0.214 e. The molecule has 0 saturated carbocycles. The summed E-state index contributed by atoms with van der Waals surface area (Å²) in [5, 5.41) is 23.2. The zero-order valence-corrected chi connectivity index (χ0v) is 17.6. The first-order valence-corrected chi connectivity index (χ1v) is 11.0. The summed E-state index contributed by atoms with van der Waals surface area (Å²) in [5.41, 5.74) is 5.88. The van der Waals surface area contributed by atoms with Gasteiger partial charge < -0.3 is 9.84 Å². The molecule has 1 heterocycles. The third-order valence-corrected chi connectivity index (χ3v) is 6.29. The van der Waals surface area contributed by atoms with Crippen molar-refractivity contribution in [1.82, 2.24) is 20.2 Å². The molecular formula is C22H26N4O2S. The number of aliphatic hydroxyl groups excluding tert-OH is 1. The van der Waals surface area contributed by atoms with Gasteiger partial charge >= 0.3 is 0 Å². The van der Waals surface area contributed by atoms with Crippen LogP contribution in [0.2, 0.25) is 0 Å². The summed E-state index contributed by atoms with van der Waals surface area (Å²) in [6.45, 7) is 4.41. The predicted molar refractivity (Wildman–Crippen MR) is 113 cm³/mol. The molecule has 1 aliphatic rings. The van der Waals surface area contributed by atoms with E-state index in [-0.39, 0.29) is 6.10 Å². The van der Waals surface area contributed by atoms with Crippen molar-refractivity contribution >= 4 is 11.8 Å². The number of ether oxygens (including phenoxy) is 1. The predicted octanol–water partition coefficient (Wildman–Crippen LogP) is 3.83. The van der Waals surface area contributed by atoms with Crippen molar-refractivity contribution in [1.29, 1.82) is 0 Å². The number of rotatable bonds is 7. The molecule has 2 atom stereocenters. The average molecular weight is 411 g/mol. The molecule has 7 heteroatoms. The third kappa shape index (κ3) is 4.69. The number of benzene rings is 2. The normalized spacial score (nSPS) is 17.1. The van der Waals surface area contributed by atoms with Gasteiger partial charge in [-0.2, -0.15) is 4.68 Å². The standard InChI is InChI=1S/C22H26N4O2S/c1-15-10-11-20(16(2)12-15)26-22(23-24-25-26)29-14-18(27)13-28-21-9-5-7-17-6-3-4-8-19(17)21/h3-4,6,8,10-12,18,21,27H,5,7,9,13-14H2,1-2H3/t18-,21-/m1/s1. The number of tetrazole rings is 1. The molecule has 0 amide bonds. The van der Waals surface area contributed by atoms with Crippen LogP contribution in [0.5, 0.6) is 0 Å². The second-order valence-electron chi connectivity index (χ2n) is 7.54. The van der Waals surface area contributed by atoms with E-state index in [0.29, 0.717) is 17.5 Å². The maximum absolute atomic E-state index is 10.5. The minimum atomic E-state index is -0.585. The Hall–Kier alpha value is -2.22. The van der Waals surface area contributed by atoms with Crippen LogP contribution in [0.1, 0.15) is 41.2 Å². The Kier molecular flexibility index (Phi) is 6.28. The van der Waals surface area contributed by atoms with E-state index in [9.17, 15) is 5.11 Å². The molecule has 0 saturated heterocycles. The summed E-state index contributed by atoms with van der Waals surface area (Å²) >= 11 is 1.44. The van der Waals surface area contributed by atoms with Gasteiger partial charge in [0.25, 0.3) is 0 Å². The lowest BCUT2D eigenvalue weighted by atomic mass is 9.89. The van der Waals surface area contributed by atoms with E-state index in [1.807, 2.05) is 19.1 Å². The first-order valence-electron chi connectivity index (χ1n) is 9.98. The van der Waals surface area contributed by atoms with Gasteiger partial charge in [-0.25, -0.2) is 0 Å². The lowest BCUT2D eigenvalue weighted by Gasteiger charge is -2.26. The molecule has 0 spiro atoms.